The standard InChI is InChI=1S/C13H24N2S/c1-5-13(8-14-11(2)3)15(4)9-12-6-7-16-10-12/h6-7,10-11,13-14H,5,8-9H2,1-4H3. The van der Waals surface area contributed by atoms with Gasteiger partial charge in [-0.3, -0.25) is 4.90 Å². The van der Waals surface area contributed by atoms with E-state index in [-0.39, 0.29) is 0 Å². The summed E-state index contributed by atoms with van der Waals surface area (Å²) in [5, 5.41) is 7.90. The lowest BCUT2D eigenvalue weighted by Gasteiger charge is -2.28. The van der Waals surface area contributed by atoms with Crippen molar-refractivity contribution in [2.75, 3.05) is 13.6 Å². The van der Waals surface area contributed by atoms with Crippen LogP contribution in [0.2, 0.25) is 0 Å². The lowest BCUT2D eigenvalue weighted by molar-refractivity contribution is 0.218. The molecule has 0 saturated heterocycles. The molecular formula is C13H24N2S. The monoisotopic (exact) mass is 240 g/mol. The van der Waals surface area contributed by atoms with E-state index < -0.39 is 0 Å². The lowest BCUT2D eigenvalue weighted by Crippen LogP contribution is -2.41. The first-order valence-electron chi connectivity index (χ1n) is 6.08. The predicted octanol–water partition coefficient (Wildman–Crippen LogP) is 2.96. The molecule has 0 aliphatic heterocycles. The second-order valence-corrected chi connectivity index (χ2v) is 5.45. The molecule has 3 heteroatoms. The number of hydrogen-bond donors (Lipinski definition) is 1. The highest BCUT2D eigenvalue weighted by atomic mass is 32.1. The zero-order chi connectivity index (χ0) is 12.0. The fourth-order valence-electron chi connectivity index (χ4n) is 1.78. The van der Waals surface area contributed by atoms with Gasteiger partial charge >= 0.3 is 0 Å². The van der Waals surface area contributed by atoms with Gasteiger partial charge < -0.3 is 5.32 Å². The molecule has 1 aromatic heterocycles. The molecule has 1 atom stereocenters. The Hall–Kier alpha value is -0.380. The number of thiophene rings is 1. The lowest BCUT2D eigenvalue weighted by atomic mass is 10.1. The average molecular weight is 240 g/mol. The van der Waals surface area contributed by atoms with Crippen LogP contribution >= 0.6 is 11.3 Å². The Labute approximate surface area is 104 Å². The normalized spacial score (nSPS) is 13.6. The minimum atomic E-state index is 0.573. The summed E-state index contributed by atoms with van der Waals surface area (Å²) >= 11 is 1.78. The Kier molecular flexibility index (Phi) is 6.03. The predicted molar refractivity (Wildman–Crippen MR) is 73.0 cm³/mol. The van der Waals surface area contributed by atoms with E-state index in [1.54, 1.807) is 11.3 Å². The summed E-state index contributed by atoms with van der Waals surface area (Å²) in [6, 6.07) is 3.41. The van der Waals surface area contributed by atoms with Crippen LogP contribution in [-0.4, -0.2) is 30.6 Å². The molecule has 1 unspecified atom stereocenters. The van der Waals surface area contributed by atoms with Gasteiger partial charge in [-0.25, -0.2) is 0 Å². The number of rotatable bonds is 7. The van der Waals surface area contributed by atoms with Crippen LogP contribution in [0.5, 0.6) is 0 Å². The molecule has 0 fully saturated rings. The number of nitrogens with one attached hydrogen (secondary N) is 1. The smallest absolute Gasteiger partial charge is 0.0242 e. The average Bonchev–Trinajstić information content (AvgIpc) is 2.71. The zero-order valence-corrected chi connectivity index (χ0v) is 11.7. The van der Waals surface area contributed by atoms with Crippen LogP contribution in [0.25, 0.3) is 0 Å². The van der Waals surface area contributed by atoms with Crippen LogP contribution < -0.4 is 5.32 Å². The topological polar surface area (TPSA) is 15.3 Å². The number of nitrogens with zero attached hydrogens (tertiary/aromatic N) is 1. The van der Waals surface area contributed by atoms with Crippen LogP contribution in [0.15, 0.2) is 16.8 Å². The molecule has 0 aliphatic carbocycles. The van der Waals surface area contributed by atoms with Crippen molar-refractivity contribution in [3.05, 3.63) is 22.4 Å². The fraction of sp³-hybridized carbons (Fsp3) is 0.692. The highest BCUT2D eigenvalue weighted by molar-refractivity contribution is 7.07. The van der Waals surface area contributed by atoms with Crippen molar-refractivity contribution in [3.8, 4) is 0 Å². The fourth-order valence-corrected chi connectivity index (χ4v) is 2.44. The van der Waals surface area contributed by atoms with Gasteiger partial charge in [0.2, 0.25) is 0 Å². The molecule has 0 radical (unpaired) electrons. The Balaban J connectivity index is 2.39. The summed E-state index contributed by atoms with van der Waals surface area (Å²) in [4.78, 5) is 2.44. The molecule has 0 aliphatic rings. The molecule has 1 heterocycles. The molecule has 1 rings (SSSR count). The quantitative estimate of drug-likeness (QED) is 0.788. The van der Waals surface area contributed by atoms with Crippen molar-refractivity contribution in [1.82, 2.24) is 10.2 Å². The largest absolute Gasteiger partial charge is 0.313 e. The maximum Gasteiger partial charge on any atom is 0.0242 e. The molecule has 16 heavy (non-hydrogen) atoms. The summed E-state index contributed by atoms with van der Waals surface area (Å²) in [7, 11) is 2.22. The van der Waals surface area contributed by atoms with E-state index in [0.717, 1.165) is 13.1 Å². The van der Waals surface area contributed by atoms with Gasteiger partial charge in [-0.1, -0.05) is 20.8 Å². The van der Waals surface area contributed by atoms with E-state index >= 15 is 0 Å². The number of hydrogen-bond acceptors (Lipinski definition) is 3. The second-order valence-electron chi connectivity index (χ2n) is 4.67. The van der Waals surface area contributed by atoms with Crippen molar-refractivity contribution >= 4 is 11.3 Å². The Morgan fingerprint density at radius 2 is 2.19 bits per heavy atom. The minimum Gasteiger partial charge on any atom is -0.313 e. The van der Waals surface area contributed by atoms with Crippen LogP contribution in [0, 0.1) is 0 Å². The molecular weight excluding hydrogens is 216 g/mol. The van der Waals surface area contributed by atoms with Crippen molar-refractivity contribution in [1.29, 1.82) is 0 Å². The summed E-state index contributed by atoms with van der Waals surface area (Å²) in [6.45, 7) is 8.80. The van der Waals surface area contributed by atoms with Crippen LogP contribution in [0.4, 0.5) is 0 Å². The van der Waals surface area contributed by atoms with Crippen LogP contribution in [-0.2, 0) is 6.54 Å². The van der Waals surface area contributed by atoms with Gasteiger partial charge in [0.05, 0.1) is 0 Å². The van der Waals surface area contributed by atoms with Crippen LogP contribution in [0.1, 0.15) is 32.8 Å². The summed E-state index contributed by atoms with van der Waals surface area (Å²) in [5.74, 6) is 0. The molecule has 1 N–H and O–H groups in total. The van der Waals surface area contributed by atoms with Gasteiger partial charge in [-0.2, -0.15) is 11.3 Å². The Morgan fingerprint density at radius 3 is 2.69 bits per heavy atom. The third-order valence-electron chi connectivity index (χ3n) is 2.87. The summed E-state index contributed by atoms with van der Waals surface area (Å²) < 4.78 is 0. The minimum absolute atomic E-state index is 0.573. The molecule has 1 aromatic rings. The summed E-state index contributed by atoms with van der Waals surface area (Å²) in [6.07, 6.45) is 1.19. The molecule has 0 spiro atoms. The first-order chi connectivity index (χ1) is 7.63. The van der Waals surface area contributed by atoms with Gasteiger partial charge in [0, 0.05) is 25.2 Å². The van der Waals surface area contributed by atoms with Gasteiger partial charge in [0.25, 0.3) is 0 Å². The van der Waals surface area contributed by atoms with Gasteiger partial charge in [-0.15, -0.1) is 0 Å². The Bertz CT molecular complexity index is 269. The van der Waals surface area contributed by atoms with Gasteiger partial charge in [-0.05, 0) is 35.9 Å². The van der Waals surface area contributed by atoms with Gasteiger partial charge in [0.1, 0.15) is 0 Å². The molecule has 0 aromatic carbocycles. The van der Waals surface area contributed by atoms with E-state index in [2.05, 4.69) is 54.9 Å². The first kappa shape index (κ1) is 13.7. The summed E-state index contributed by atoms with van der Waals surface area (Å²) in [5.41, 5.74) is 1.43. The van der Waals surface area contributed by atoms with E-state index in [4.69, 9.17) is 0 Å². The Morgan fingerprint density at radius 1 is 1.44 bits per heavy atom. The zero-order valence-electron chi connectivity index (χ0n) is 10.9. The van der Waals surface area contributed by atoms with Crippen molar-refractivity contribution in [2.24, 2.45) is 0 Å². The maximum absolute atomic E-state index is 3.52. The SMILES string of the molecule is CCC(CNC(C)C)N(C)Cc1ccsc1. The molecule has 2 nitrogen and oxygen atoms in total. The molecule has 92 valence electrons. The van der Waals surface area contributed by atoms with E-state index in [9.17, 15) is 0 Å². The molecule has 0 saturated carbocycles. The van der Waals surface area contributed by atoms with Crippen LogP contribution in [0.3, 0.4) is 0 Å². The second kappa shape index (κ2) is 7.05. The van der Waals surface area contributed by atoms with Crippen molar-refractivity contribution in [3.63, 3.8) is 0 Å². The van der Waals surface area contributed by atoms with Gasteiger partial charge in [0.15, 0.2) is 0 Å². The first-order valence-corrected chi connectivity index (χ1v) is 7.02. The van der Waals surface area contributed by atoms with E-state index in [0.29, 0.717) is 12.1 Å². The van der Waals surface area contributed by atoms with E-state index in [1.165, 1.54) is 12.0 Å². The highest BCUT2D eigenvalue weighted by Crippen LogP contribution is 2.11. The number of likely N-dealkylation sites (N-methyl/N-ethyl adjacent to an activating group) is 1. The highest BCUT2D eigenvalue weighted by Gasteiger charge is 2.13. The maximum atomic E-state index is 3.52. The van der Waals surface area contributed by atoms with Crippen molar-refractivity contribution < 1.29 is 0 Å². The molecule has 0 bridgehead atoms. The third kappa shape index (κ3) is 4.64. The third-order valence-corrected chi connectivity index (χ3v) is 3.60. The molecule has 0 amide bonds. The van der Waals surface area contributed by atoms with Crippen molar-refractivity contribution in [2.45, 2.75) is 45.8 Å². The van der Waals surface area contributed by atoms with E-state index in [1.807, 2.05) is 0 Å².